The fraction of sp³-hybridized carbons (Fsp3) is 0.0204. The van der Waals surface area contributed by atoms with Crippen molar-refractivity contribution in [3.05, 3.63) is 187 Å². The molecule has 0 radical (unpaired) electrons. The van der Waals surface area contributed by atoms with Gasteiger partial charge in [0.25, 0.3) is 0 Å². The van der Waals surface area contributed by atoms with Gasteiger partial charge in [-0.1, -0.05) is 152 Å². The van der Waals surface area contributed by atoms with Gasteiger partial charge >= 0.3 is 0 Å². The summed E-state index contributed by atoms with van der Waals surface area (Å²) in [7, 11) is 0. The number of benzene rings is 8. The van der Waals surface area contributed by atoms with Crippen LogP contribution in [0.1, 0.15) is 22.9 Å². The van der Waals surface area contributed by atoms with Crippen LogP contribution in [0, 0.1) is 0 Å². The molecule has 11 aromatic rings. The van der Waals surface area contributed by atoms with Crippen molar-refractivity contribution in [1.82, 2.24) is 14.4 Å². The smallest absolute Gasteiger partial charge is 0.141 e. The zero-order chi connectivity index (χ0) is 33.9. The van der Waals surface area contributed by atoms with Crippen molar-refractivity contribution < 1.29 is 0 Å². The summed E-state index contributed by atoms with van der Waals surface area (Å²) in [4.78, 5) is 10.9. The fourth-order valence-electron chi connectivity index (χ4n) is 9.17. The highest BCUT2D eigenvalue weighted by Gasteiger charge is 2.36. The lowest BCUT2D eigenvalue weighted by Gasteiger charge is -2.16. The maximum Gasteiger partial charge on any atom is 0.141 e. The Kier molecular flexibility index (Phi) is 5.56. The summed E-state index contributed by atoms with van der Waals surface area (Å²) >= 11 is 0. The second-order valence-corrected chi connectivity index (χ2v) is 14.1. The number of aromatic nitrogens is 3. The molecule has 0 N–H and O–H groups in total. The molecule has 3 nitrogen and oxygen atoms in total. The van der Waals surface area contributed by atoms with Crippen molar-refractivity contribution in [1.29, 1.82) is 0 Å². The van der Waals surface area contributed by atoms with Crippen LogP contribution in [0.2, 0.25) is 0 Å². The Morgan fingerprint density at radius 2 is 1.13 bits per heavy atom. The zero-order valence-corrected chi connectivity index (χ0v) is 28.1. The van der Waals surface area contributed by atoms with E-state index >= 15 is 0 Å². The molecule has 0 fully saturated rings. The monoisotopic (exact) mass is 659 g/mol. The predicted molar refractivity (Wildman–Crippen MR) is 215 cm³/mol. The van der Waals surface area contributed by atoms with Crippen LogP contribution in [0.5, 0.6) is 0 Å². The van der Waals surface area contributed by atoms with Crippen molar-refractivity contribution in [2.45, 2.75) is 5.92 Å². The van der Waals surface area contributed by atoms with Crippen LogP contribution in [0.25, 0.3) is 93.3 Å². The number of fused-ring (bicyclic) bond motifs is 13. The summed E-state index contributed by atoms with van der Waals surface area (Å²) in [6.45, 7) is 0. The second kappa shape index (κ2) is 10.3. The fourth-order valence-corrected chi connectivity index (χ4v) is 9.17. The molecular weight excluding hydrogens is 631 g/mol. The van der Waals surface area contributed by atoms with Gasteiger partial charge in [0, 0.05) is 37.9 Å². The number of hydrogen-bond acceptors (Lipinski definition) is 2. The quantitative estimate of drug-likeness (QED) is 0.189. The lowest BCUT2D eigenvalue weighted by Crippen LogP contribution is -2.07. The van der Waals surface area contributed by atoms with Gasteiger partial charge in [-0.3, -0.25) is 0 Å². The van der Waals surface area contributed by atoms with E-state index in [4.69, 9.17) is 9.97 Å². The van der Waals surface area contributed by atoms with Gasteiger partial charge in [0.2, 0.25) is 0 Å². The predicted octanol–water partition coefficient (Wildman–Crippen LogP) is 12.4. The standard InChI is InChI=1S/C49H29N3/c1-2-12-29(13-3-1)30-22-24-32(25-23-30)46-37-18-8-10-20-41(37)50-49(51-46)44-35-17-7-6-16-34(35)43-40(44)28-39-36-27-26-31-14-4-5-15-33(31)47(36)52-42-21-11-9-19-38(42)45(43)48(39)52/h1-28,44H. The molecule has 12 rings (SSSR count). The highest BCUT2D eigenvalue weighted by molar-refractivity contribution is 6.31. The number of hydrogen-bond donors (Lipinski definition) is 0. The first-order valence-corrected chi connectivity index (χ1v) is 18.0. The van der Waals surface area contributed by atoms with Crippen molar-refractivity contribution >= 4 is 59.8 Å². The van der Waals surface area contributed by atoms with E-state index in [1.165, 1.54) is 82.2 Å². The first-order chi connectivity index (χ1) is 25.8. The number of rotatable bonds is 3. The van der Waals surface area contributed by atoms with E-state index in [2.05, 4.69) is 174 Å². The summed E-state index contributed by atoms with van der Waals surface area (Å²) in [6.07, 6.45) is 0. The average Bonchev–Trinajstić information content (AvgIpc) is 3.85. The molecule has 1 atom stereocenters. The van der Waals surface area contributed by atoms with Crippen molar-refractivity contribution in [2.24, 2.45) is 0 Å². The van der Waals surface area contributed by atoms with Gasteiger partial charge in [-0.15, -0.1) is 0 Å². The van der Waals surface area contributed by atoms with E-state index in [-0.39, 0.29) is 5.92 Å². The third kappa shape index (κ3) is 3.69. The lowest BCUT2D eigenvalue weighted by molar-refractivity contribution is 0.892. The molecule has 8 aromatic carbocycles. The van der Waals surface area contributed by atoms with E-state index < -0.39 is 0 Å². The number of nitrogens with zero attached hydrogens (tertiary/aromatic N) is 3. The van der Waals surface area contributed by atoms with Gasteiger partial charge in [0.1, 0.15) is 5.82 Å². The Balaban J connectivity index is 1.16. The number of para-hydroxylation sites is 2. The molecule has 0 saturated heterocycles. The highest BCUT2D eigenvalue weighted by Crippen LogP contribution is 2.55. The first kappa shape index (κ1) is 27.9. The topological polar surface area (TPSA) is 30.2 Å². The minimum Gasteiger partial charge on any atom is -0.307 e. The second-order valence-electron chi connectivity index (χ2n) is 14.1. The third-order valence-electron chi connectivity index (χ3n) is 11.4. The summed E-state index contributed by atoms with van der Waals surface area (Å²) in [5.74, 6) is 0.712. The Labute approximate surface area is 299 Å². The van der Waals surface area contributed by atoms with Crippen LogP contribution < -0.4 is 0 Å². The van der Waals surface area contributed by atoms with Crippen LogP contribution in [-0.2, 0) is 0 Å². The van der Waals surface area contributed by atoms with Crippen molar-refractivity contribution in [3.8, 4) is 33.5 Å². The van der Waals surface area contributed by atoms with Gasteiger partial charge in [0.05, 0.1) is 33.7 Å². The van der Waals surface area contributed by atoms with E-state index in [1.54, 1.807) is 0 Å². The van der Waals surface area contributed by atoms with Crippen molar-refractivity contribution in [3.63, 3.8) is 0 Å². The summed E-state index contributed by atoms with van der Waals surface area (Å²) in [6, 6.07) is 61.5. The molecule has 0 amide bonds. The van der Waals surface area contributed by atoms with Crippen LogP contribution in [0.15, 0.2) is 170 Å². The maximum absolute atomic E-state index is 5.52. The zero-order valence-electron chi connectivity index (χ0n) is 28.1. The van der Waals surface area contributed by atoms with Crippen LogP contribution in [-0.4, -0.2) is 14.4 Å². The van der Waals surface area contributed by atoms with E-state index in [0.717, 1.165) is 28.0 Å². The highest BCUT2D eigenvalue weighted by atomic mass is 14.9. The Hall–Kier alpha value is -6.84. The minimum atomic E-state index is -0.120. The maximum atomic E-state index is 5.52. The SMILES string of the molecule is c1ccc(-c2ccc(-c3nc(C4c5ccccc5-c5c4cc4c6ccc7ccccc7c6n6c7ccccc7c5c46)nc4ccccc34)cc2)cc1. The molecule has 52 heavy (non-hydrogen) atoms. The molecule has 0 bridgehead atoms. The average molecular weight is 660 g/mol. The molecule has 3 heterocycles. The molecule has 0 saturated carbocycles. The van der Waals surface area contributed by atoms with Crippen molar-refractivity contribution in [2.75, 3.05) is 0 Å². The van der Waals surface area contributed by atoms with Gasteiger partial charge in [-0.05, 0) is 57.0 Å². The summed E-state index contributed by atoms with van der Waals surface area (Å²) in [5.41, 5.74) is 14.3. The largest absolute Gasteiger partial charge is 0.307 e. The summed E-state index contributed by atoms with van der Waals surface area (Å²) < 4.78 is 2.53. The molecule has 0 spiro atoms. The Bertz CT molecular complexity index is 3230. The Morgan fingerprint density at radius 1 is 0.442 bits per heavy atom. The van der Waals surface area contributed by atoms with Gasteiger partial charge in [-0.2, -0.15) is 0 Å². The first-order valence-electron chi connectivity index (χ1n) is 18.0. The molecule has 3 aromatic heterocycles. The van der Waals surface area contributed by atoms with E-state index in [1.807, 2.05) is 0 Å². The Morgan fingerprint density at radius 3 is 2.02 bits per heavy atom. The van der Waals surface area contributed by atoms with Gasteiger partial charge in [-0.25, -0.2) is 9.97 Å². The molecule has 1 aliphatic rings. The molecule has 240 valence electrons. The lowest BCUT2D eigenvalue weighted by atomic mass is 9.92. The molecule has 3 heteroatoms. The van der Waals surface area contributed by atoms with E-state index in [0.29, 0.717) is 0 Å². The minimum absolute atomic E-state index is 0.120. The molecule has 1 unspecified atom stereocenters. The molecule has 0 aliphatic heterocycles. The third-order valence-corrected chi connectivity index (χ3v) is 11.4. The van der Waals surface area contributed by atoms with Crippen LogP contribution in [0.4, 0.5) is 0 Å². The van der Waals surface area contributed by atoms with E-state index in [9.17, 15) is 0 Å². The molecular formula is C49H29N3. The summed E-state index contributed by atoms with van der Waals surface area (Å²) in [5, 5.41) is 8.74. The molecule has 1 aliphatic carbocycles. The van der Waals surface area contributed by atoms with Gasteiger partial charge in [0.15, 0.2) is 0 Å². The van der Waals surface area contributed by atoms with Gasteiger partial charge < -0.3 is 4.40 Å². The normalized spacial score (nSPS) is 14.0. The van der Waals surface area contributed by atoms with Crippen LogP contribution in [0.3, 0.4) is 0 Å². The van der Waals surface area contributed by atoms with Crippen LogP contribution >= 0.6 is 0 Å².